The van der Waals surface area contributed by atoms with Gasteiger partial charge >= 0.3 is 0 Å². The van der Waals surface area contributed by atoms with Crippen molar-refractivity contribution in [3.63, 3.8) is 0 Å². The summed E-state index contributed by atoms with van der Waals surface area (Å²) in [6, 6.07) is 7.97. The molecule has 0 amide bonds. The predicted molar refractivity (Wildman–Crippen MR) is 73.3 cm³/mol. The lowest BCUT2D eigenvalue weighted by atomic mass is 10.1. The fraction of sp³-hybridized carbons (Fsp3) is 0.286. The molecule has 90 valence electrons. The number of hydrogen-bond acceptors (Lipinski definition) is 4. The normalized spacial score (nSPS) is 14.2. The Bertz CT molecular complexity index is 620. The lowest BCUT2D eigenvalue weighted by Crippen LogP contribution is -1.94. The second-order valence-corrected chi connectivity index (χ2v) is 5.50. The van der Waals surface area contributed by atoms with E-state index in [9.17, 15) is 0 Å². The van der Waals surface area contributed by atoms with Gasteiger partial charge in [-0.15, -0.1) is 11.3 Å². The van der Waals surface area contributed by atoms with Crippen molar-refractivity contribution in [3.05, 3.63) is 40.4 Å². The standard InChI is InChI=1S/C14H13N3S/c1-9-2-3-11(7-15)12(6-9)16-14-17-13(8-18-14)10-4-5-10/h2-3,6,8,10H,4-5H2,1H3,(H,16,17). The van der Waals surface area contributed by atoms with Crippen LogP contribution in [0, 0.1) is 18.3 Å². The monoisotopic (exact) mass is 255 g/mol. The molecule has 0 spiro atoms. The van der Waals surface area contributed by atoms with Crippen molar-refractivity contribution in [1.82, 2.24) is 4.98 Å². The van der Waals surface area contributed by atoms with E-state index in [0.29, 0.717) is 11.5 Å². The number of rotatable bonds is 3. The molecule has 0 atom stereocenters. The number of aryl methyl sites for hydroxylation is 1. The first-order valence-electron chi connectivity index (χ1n) is 5.99. The highest BCUT2D eigenvalue weighted by molar-refractivity contribution is 7.13. The van der Waals surface area contributed by atoms with Crippen molar-refractivity contribution in [2.75, 3.05) is 5.32 Å². The highest BCUT2D eigenvalue weighted by Gasteiger charge is 2.26. The van der Waals surface area contributed by atoms with Gasteiger partial charge in [0.15, 0.2) is 5.13 Å². The zero-order valence-corrected chi connectivity index (χ0v) is 10.9. The molecule has 1 aromatic carbocycles. The van der Waals surface area contributed by atoms with Gasteiger partial charge in [0, 0.05) is 11.3 Å². The lowest BCUT2D eigenvalue weighted by Gasteiger charge is -2.05. The Hall–Kier alpha value is -1.86. The van der Waals surface area contributed by atoms with Crippen LogP contribution in [-0.4, -0.2) is 4.98 Å². The number of benzene rings is 1. The molecule has 0 saturated heterocycles. The Labute approximate surface area is 110 Å². The summed E-state index contributed by atoms with van der Waals surface area (Å²) < 4.78 is 0. The van der Waals surface area contributed by atoms with Gasteiger partial charge in [0.1, 0.15) is 6.07 Å². The topological polar surface area (TPSA) is 48.7 Å². The minimum absolute atomic E-state index is 0.656. The van der Waals surface area contributed by atoms with Crippen molar-refractivity contribution in [2.45, 2.75) is 25.7 Å². The van der Waals surface area contributed by atoms with Crippen LogP contribution in [0.3, 0.4) is 0 Å². The Morgan fingerprint density at radius 2 is 2.28 bits per heavy atom. The summed E-state index contributed by atoms with van der Waals surface area (Å²) in [7, 11) is 0. The molecule has 1 aromatic heterocycles. The van der Waals surface area contributed by atoms with Gasteiger partial charge in [-0.3, -0.25) is 0 Å². The molecule has 0 unspecified atom stereocenters. The van der Waals surface area contributed by atoms with Crippen molar-refractivity contribution in [2.24, 2.45) is 0 Å². The largest absolute Gasteiger partial charge is 0.330 e. The molecular weight excluding hydrogens is 242 g/mol. The van der Waals surface area contributed by atoms with Gasteiger partial charge in [-0.05, 0) is 37.5 Å². The Balaban J connectivity index is 1.86. The summed E-state index contributed by atoms with van der Waals surface area (Å²) in [6.07, 6.45) is 2.52. The zero-order chi connectivity index (χ0) is 12.5. The van der Waals surface area contributed by atoms with Crippen LogP contribution in [0.5, 0.6) is 0 Å². The fourth-order valence-electron chi connectivity index (χ4n) is 1.88. The molecule has 0 radical (unpaired) electrons. The van der Waals surface area contributed by atoms with E-state index in [1.165, 1.54) is 18.5 Å². The molecule has 2 aromatic rings. The molecule has 4 heteroatoms. The molecule has 3 rings (SSSR count). The van der Waals surface area contributed by atoms with Crippen molar-refractivity contribution >= 4 is 22.2 Å². The van der Waals surface area contributed by atoms with Crippen molar-refractivity contribution in [1.29, 1.82) is 5.26 Å². The van der Waals surface area contributed by atoms with Gasteiger partial charge in [-0.1, -0.05) is 6.07 Å². The summed E-state index contributed by atoms with van der Waals surface area (Å²) in [5.74, 6) is 0.671. The first kappa shape index (κ1) is 11.2. The number of hydrogen-bond donors (Lipinski definition) is 1. The first-order chi connectivity index (χ1) is 8.76. The van der Waals surface area contributed by atoms with Gasteiger partial charge in [0.2, 0.25) is 0 Å². The van der Waals surface area contributed by atoms with Gasteiger partial charge in [-0.25, -0.2) is 4.98 Å². The van der Waals surface area contributed by atoms with Gasteiger partial charge in [0.25, 0.3) is 0 Å². The third-order valence-electron chi connectivity index (χ3n) is 3.05. The fourth-order valence-corrected chi connectivity index (χ4v) is 2.69. The van der Waals surface area contributed by atoms with Crippen molar-refractivity contribution in [3.8, 4) is 6.07 Å². The zero-order valence-electron chi connectivity index (χ0n) is 10.1. The summed E-state index contributed by atoms with van der Waals surface area (Å²) in [5, 5.41) is 15.3. The SMILES string of the molecule is Cc1ccc(C#N)c(Nc2nc(C3CC3)cs2)c1. The predicted octanol–water partition coefficient (Wildman–Crippen LogP) is 3.94. The number of thiazole rings is 1. The number of nitrogens with one attached hydrogen (secondary N) is 1. The highest BCUT2D eigenvalue weighted by Crippen LogP contribution is 2.41. The van der Waals surface area contributed by atoms with E-state index in [4.69, 9.17) is 5.26 Å². The quantitative estimate of drug-likeness (QED) is 0.903. The number of nitrogens with zero attached hydrogens (tertiary/aromatic N) is 2. The van der Waals surface area contributed by atoms with Crippen molar-refractivity contribution < 1.29 is 0 Å². The summed E-state index contributed by atoms with van der Waals surface area (Å²) in [5.41, 5.74) is 3.82. The lowest BCUT2D eigenvalue weighted by molar-refractivity contribution is 1.05. The van der Waals surface area contributed by atoms with Crippen LogP contribution in [0.25, 0.3) is 0 Å². The second kappa shape index (κ2) is 4.43. The number of anilines is 2. The Kier molecular flexibility index (Phi) is 2.77. The van der Waals surface area contributed by atoms with E-state index in [0.717, 1.165) is 16.4 Å². The summed E-state index contributed by atoms with van der Waals surface area (Å²) in [4.78, 5) is 4.57. The van der Waals surface area contributed by atoms with Crippen LogP contribution >= 0.6 is 11.3 Å². The number of nitriles is 1. The second-order valence-electron chi connectivity index (χ2n) is 4.64. The van der Waals surface area contributed by atoms with Crippen LogP contribution in [0.2, 0.25) is 0 Å². The molecule has 1 aliphatic carbocycles. The molecule has 18 heavy (non-hydrogen) atoms. The van der Waals surface area contributed by atoms with Crippen LogP contribution in [0.15, 0.2) is 23.6 Å². The Morgan fingerprint density at radius 3 is 3.00 bits per heavy atom. The summed E-state index contributed by atoms with van der Waals surface area (Å²) in [6.45, 7) is 2.02. The van der Waals surface area contributed by atoms with Gasteiger partial charge < -0.3 is 5.32 Å². The van der Waals surface area contributed by atoms with E-state index in [1.54, 1.807) is 11.3 Å². The molecule has 0 bridgehead atoms. The highest BCUT2D eigenvalue weighted by atomic mass is 32.1. The molecule has 1 heterocycles. The molecule has 1 fully saturated rings. The molecule has 1 N–H and O–H groups in total. The van der Waals surface area contributed by atoms with Gasteiger partial charge in [0.05, 0.1) is 16.9 Å². The minimum Gasteiger partial charge on any atom is -0.330 e. The minimum atomic E-state index is 0.656. The van der Waals surface area contributed by atoms with Gasteiger partial charge in [-0.2, -0.15) is 5.26 Å². The molecular formula is C14H13N3S. The van der Waals surface area contributed by atoms with Crippen LogP contribution in [-0.2, 0) is 0 Å². The average molecular weight is 255 g/mol. The molecule has 1 saturated carbocycles. The van der Waals surface area contributed by atoms with E-state index in [1.807, 2.05) is 25.1 Å². The maximum absolute atomic E-state index is 9.08. The first-order valence-corrected chi connectivity index (χ1v) is 6.87. The van der Waals surface area contributed by atoms with Crippen LogP contribution < -0.4 is 5.32 Å². The third kappa shape index (κ3) is 2.22. The molecule has 3 nitrogen and oxygen atoms in total. The third-order valence-corrected chi connectivity index (χ3v) is 3.83. The van der Waals surface area contributed by atoms with E-state index in [-0.39, 0.29) is 0 Å². The number of aromatic nitrogens is 1. The Morgan fingerprint density at radius 1 is 1.44 bits per heavy atom. The van der Waals surface area contributed by atoms with Crippen LogP contribution in [0.1, 0.15) is 35.6 Å². The van der Waals surface area contributed by atoms with E-state index >= 15 is 0 Å². The summed E-state index contributed by atoms with van der Waals surface area (Å²) >= 11 is 1.61. The van der Waals surface area contributed by atoms with E-state index < -0.39 is 0 Å². The average Bonchev–Trinajstić information content (AvgIpc) is 3.11. The smallest absolute Gasteiger partial charge is 0.187 e. The maximum atomic E-state index is 9.08. The molecule has 1 aliphatic rings. The maximum Gasteiger partial charge on any atom is 0.187 e. The molecule has 0 aliphatic heterocycles. The van der Waals surface area contributed by atoms with E-state index in [2.05, 4.69) is 21.8 Å². The van der Waals surface area contributed by atoms with Crippen LogP contribution in [0.4, 0.5) is 10.8 Å².